The van der Waals surface area contributed by atoms with Crippen LogP contribution in [0.5, 0.6) is 5.75 Å². The van der Waals surface area contributed by atoms with Crippen LogP contribution >= 0.6 is 0 Å². The van der Waals surface area contributed by atoms with Crippen molar-refractivity contribution in [3.8, 4) is 5.75 Å². The fourth-order valence-electron chi connectivity index (χ4n) is 2.74. The molecule has 1 atom stereocenters. The molecule has 1 aliphatic rings. The molecule has 0 heterocycles. The van der Waals surface area contributed by atoms with Gasteiger partial charge in [-0.1, -0.05) is 18.2 Å². The molecule has 1 aliphatic carbocycles. The molecule has 0 bridgehead atoms. The summed E-state index contributed by atoms with van der Waals surface area (Å²) in [6, 6.07) is 7.32. The molecule has 1 aromatic rings. The highest BCUT2D eigenvalue weighted by atomic mass is 16.5. The Labute approximate surface area is 135 Å². The largest absolute Gasteiger partial charge is 0.490 e. The number of benzene rings is 1. The molecule has 6 heteroatoms. The fourth-order valence-corrected chi connectivity index (χ4v) is 2.74. The summed E-state index contributed by atoms with van der Waals surface area (Å²) in [6.07, 6.45) is 1.10. The third-order valence-corrected chi connectivity index (χ3v) is 4.22. The number of rotatable bonds is 6. The van der Waals surface area contributed by atoms with E-state index in [1.165, 1.54) is 0 Å². The van der Waals surface area contributed by atoms with E-state index in [0.29, 0.717) is 31.4 Å². The van der Waals surface area contributed by atoms with Crippen LogP contribution in [-0.2, 0) is 9.59 Å². The second-order valence-corrected chi connectivity index (χ2v) is 5.99. The van der Waals surface area contributed by atoms with Gasteiger partial charge in [-0.25, -0.2) is 0 Å². The highest BCUT2D eigenvalue weighted by Crippen LogP contribution is 2.24. The summed E-state index contributed by atoms with van der Waals surface area (Å²) < 4.78 is 5.47. The van der Waals surface area contributed by atoms with E-state index in [-0.39, 0.29) is 18.6 Å². The summed E-state index contributed by atoms with van der Waals surface area (Å²) in [4.78, 5) is 22.9. The van der Waals surface area contributed by atoms with Crippen LogP contribution in [0.2, 0.25) is 0 Å². The summed E-state index contributed by atoms with van der Waals surface area (Å²) in [5.41, 5.74) is 0.937. The molecule has 0 spiro atoms. The van der Waals surface area contributed by atoms with Crippen molar-refractivity contribution in [3.05, 3.63) is 29.8 Å². The van der Waals surface area contributed by atoms with Crippen molar-refractivity contribution in [1.29, 1.82) is 0 Å². The minimum atomic E-state index is -1.24. The fraction of sp³-hybridized carbons (Fsp3) is 0.529. The van der Waals surface area contributed by atoms with E-state index in [9.17, 15) is 14.7 Å². The molecule has 0 aromatic heterocycles. The zero-order chi connectivity index (χ0) is 16.8. The number of aliphatic hydroxyl groups excluding tert-OH is 1. The first-order chi connectivity index (χ1) is 11.0. The van der Waals surface area contributed by atoms with Crippen LogP contribution in [0.25, 0.3) is 0 Å². The molecule has 1 fully saturated rings. The van der Waals surface area contributed by atoms with Gasteiger partial charge in [0.05, 0.1) is 5.92 Å². The van der Waals surface area contributed by atoms with Crippen LogP contribution in [-0.4, -0.2) is 40.8 Å². The summed E-state index contributed by atoms with van der Waals surface area (Å²) in [5, 5.41) is 21.6. The zero-order valence-electron chi connectivity index (χ0n) is 13.2. The van der Waals surface area contributed by atoms with E-state index in [2.05, 4.69) is 5.32 Å². The molecule has 1 aromatic carbocycles. The van der Waals surface area contributed by atoms with Gasteiger partial charge in [-0.3, -0.25) is 9.59 Å². The van der Waals surface area contributed by atoms with Crippen molar-refractivity contribution in [3.63, 3.8) is 0 Å². The Kier molecular flexibility index (Phi) is 5.98. The lowest BCUT2D eigenvalue weighted by Crippen LogP contribution is -2.45. The molecule has 6 nitrogen and oxygen atoms in total. The number of para-hydroxylation sites is 1. The Morgan fingerprint density at radius 1 is 1.26 bits per heavy atom. The predicted molar refractivity (Wildman–Crippen MR) is 84.2 cm³/mol. The molecule has 0 radical (unpaired) electrons. The summed E-state index contributed by atoms with van der Waals surface area (Å²) in [7, 11) is 0. The second-order valence-electron chi connectivity index (χ2n) is 5.99. The van der Waals surface area contributed by atoms with E-state index in [0.717, 1.165) is 5.56 Å². The number of ether oxygens (including phenoxy) is 1. The number of carboxylic acid groups (broad SMARTS) is 1. The number of amides is 1. The van der Waals surface area contributed by atoms with Gasteiger partial charge >= 0.3 is 5.97 Å². The van der Waals surface area contributed by atoms with Crippen molar-refractivity contribution in [2.45, 2.75) is 44.8 Å². The molecule has 0 aliphatic heterocycles. The first-order valence-electron chi connectivity index (χ1n) is 7.87. The van der Waals surface area contributed by atoms with Crippen molar-refractivity contribution in [2.24, 2.45) is 5.92 Å². The normalized spacial score (nSPS) is 22.2. The highest BCUT2D eigenvalue weighted by Gasteiger charge is 2.28. The van der Waals surface area contributed by atoms with Gasteiger partial charge in [0, 0.05) is 6.04 Å². The quantitative estimate of drug-likeness (QED) is 0.738. The third kappa shape index (κ3) is 4.96. The van der Waals surface area contributed by atoms with Crippen LogP contribution < -0.4 is 10.1 Å². The number of aryl methyl sites for hydroxylation is 1. The lowest BCUT2D eigenvalue weighted by Gasteiger charge is -2.27. The first kappa shape index (κ1) is 17.3. The molecular weight excluding hydrogens is 298 g/mol. The number of aliphatic carboxylic acids is 1. The van der Waals surface area contributed by atoms with Gasteiger partial charge < -0.3 is 20.3 Å². The standard InChI is InChI=1S/C17H23NO5/c1-11-4-2-3-5-15(11)23-10-14(19)16(20)18-13-8-6-12(7-9-13)17(21)22/h2-5,12-14,19H,6-10H2,1H3,(H,18,20)(H,21,22). The first-order valence-corrected chi connectivity index (χ1v) is 7.87. The van der Waals surface area contributed by atoms with Crippen LogP contribution in [0.15, 0.2) is 24.3 Å². The Morgan fingerprint density at radius 3 is 2.52 bits per heavy atom. The lowest BCUT2D eigenvalue weighted by molar-refractivity contribution is -0.142. The van der Waals surface area contributed by atoms with Crippen molar-refractivity contribution in [1.82, 2.24) is 5.32 Å². The van der Waals surface area contributed by atoms with Gasteiger partial charge in [-0.05, 0) is 44.2 Å². The van der Waals surface area contributed by atoms with Gasteiger partial charge in [0.15, 0.2) is 6.10 Å². The van der Waals surface area contributed by atoms with E-state index in [1.807, 2.05) is 25.1 Å². The minimum absolute atomic E-state index is 0.0776. The average Bonchev–Trinajstić information content (AvgIpc) is 2.54. The van der Waals surface area contributed by atoms with Crippen molar-refractivity contribution >= 4 is 11.9 Å². The second kappa shape index (κ2) is 7.97. The summed E-state index contributed by atoms with van der Waals surface area (Å²) in [5.74, 6) is -0.933. The Morgan fingerprint density at radius 2 is 1.91 bits per heavy atom. The van der Waals surface area contributed by atoms with Crippen molar-refractivity contribution in [2.75, 3.05) is 6.61 Å². The number of carboxylic acids is 1. The van der Waals surface area contributed by atoms with Gasteiger partial charge in [-0.2, -0.15) is 0 Å². The van der Waals surface area contributed by atoms with Gasteiger partial charge in [0.25, 0.3) is 5.91 Å². The van der Waals surface area contributed by atoms with Gasteiger partial charge in [0.2, 0.25) is 0 Å². The molecular formula is C17H23NO5. The highest BCUT2D eigenvalue weighted by molar-refractivity contribution is 5.81. The molecule has 23 heavy (non-hydrogen) atoms. The third-order valence-electron chi connectivity index (χ3n) is 4.22. The van der Waals surface area contributed by atoms with Crippen LogP contribution in [0, 0.1) is 12.8 Å². The maximum Gasteiger partial charge on any atom is 0.306 e. The molecule has 1 saturated carbocycles. The molecule has 126 valence electrons. The summed E-state index contributed by atoms with van der Waals surface area (Å²) in [6.45, 7) is 1.78. The SMILES string of the molecule is Cc1ccccc1OCC(O)C(=O)NC1CCC(C(=O)O)CC1. The topological polar surface area (TPSA) is 95.9 Å². The molecule has 0 saturated heterocycles. The van der Waals surface area contributed by atoms with E-state index >= 15 is 0 Å². The monoisotopic (exact) mass is 321 g/mol. The Hall–Kier alpha value is -2.08. The minimum Gasteiger partial charge on any atom is -0.490 e. The van der Waals surface area contributed by atoms with Crippen LogP contribution in [0.1, 0.15) is 31.2 Å². The summed E-state index contributed by atoms with van der Waals surface area (Å²) >= 11 is 0. The zero-order valence-corrected chi connectivity index (χ0v) is 13.2. The molecule has 1 unspecified atom stereocenters. The maximum absolute atomic E-state index is 12.0. The van der Waals surface area contributed by atoms with E-state index in [1.54, 1.807) is 6.07 Å². The van der Waals surface area contributed by atoms with Gasteiger partial charge in [-0.15, -0.1) is 0 Å². The number of carbonyl (C=O) groups excluding carboxylic acids is 1. The van der Waals surface area contributed by atoms with Crippen LogP contribution in [0.3, 0.4) is 0 Å². The van der Waals surface area contributed by atoms with Crippen LogP contribution in [0.4, 0.5) is 0 Å². The number of carbonyl (C=O) groups is 2. The number of nitrogens with one attached hydrogen (secondary N) is 1. The Balaban J connectivity index is 1.75. The molecule has 1 amide bonds. The number of hydrogen-bond acceptors (Lipinski definition) is 4. The molecule has 2 rings (SSSR count). The number of hydrogen-bond donors (Lipinski definition) is 3. The smallest absolute Gasteiger partial charge is 0.306 e. The van der Waals surface area contributed by atoms with Gasteiger partial charge in [0.1, 0.15) is 12.4 Å². The Bertz CT molecular complexity index is 552. The maximum atomic E-state index is 12.0. The predicted octanol–water partition coefficient (Wildman–Crippen LogP) is 1.49. The van der Waals surface area contributed by atoms with Crippen molar-refractivity contribution < 1.29 is 24.5 Å². The van der Waals surface area contributed by atoms with E-state index in [4.69, 9.17) is 9.84 Å². The lowest BCUT2D eigenvalue weighted by atomic mass is 9.86. The average molecular weight is 321 g/mol. The van der Waals surface area contributed by atoms with E-state index < -0.39 is 18.0 Å². The number of aliphatic hydroxyl groups is 1. The molecule has 3 N–H and O–H groups in total.